The number of Topliss-reactive ketones (excluding diaryl/α,β-unsaturated/α-hetero) is 1. The van der Waals surface area contributed by atoms with Crippen LogP contribution in [0.1, 0.15) is 38.3 Å². The highest BCUT2D eigenvalue weighted by molar-refractivity contribution is 6.24. The second-order valence-corrected chi connectivity index (χ2v) is 5.44. The third-order valence-electron chi connectivity index (χ3n) is 3.43. The summed E-state index contributed by atoms with van der Waals surface area (Å²) in [6, 6.07) is 8.00. The first-order valence-corrected chi connectivity index (χ1v) is 6.44. The minimum atomic E-state index is -0.190. The minimum Gasteiger partial charge on any atom is -0.497 e. The van der Waals surface area contributed by atoms with Gasteiger partial charge in [-0.15, -0.1) is 0 Å². The van der Waals surface area contributed by atoms with Crippen LogP contribution in [0, 0.1) is 12.3 Å². The lowest BCUT2D eigenvalue weighted by atomic mass is 9.91. The van der Waals surface area contributed by atoms with Crippen molar-refractivity contribution in [2.24, 2.45) is 5.41 Å². The van der Waals surface area contributed by atoms with E-state index in [9.17, 15) is 4.79 Å². The van der Waals surface area contributed by atoms with Gasteiger partial charge in [0.05, 0.1) is 12.2 Å². The van der Waals surface area contributed by atoms with Crippen molar-refractivity contribution in [2.45, 2.75) is 34.1 Å². The van der Waals surface area contributed by atoms with Crippen LogP contribution in [0.5, 0.6) is 0 Å². The van der Waals surface area contributed by atoms with E-state index in [-0.39, 0.29) is 11.2 Å². The Morgan fingerprint density at radius 2 is 1.94 bits per heavy atom. The molecule has 0 amide bonds. The molecule has 0 unspecified atom stereocenters. The van der Waals surface area contributed by atoms with Crippen LogP contribution in [-0.2, 0) is 9.53 Å². The van der Waals surface area contributed by atoms with Crippen LogP contribution in [0.15, 0.2) is 30.0 Å². The van der Waals surface area contributed by atoms with E-state index in [1.807, 2.05) is 38.1 Å². The third-order valence-corrected chi connectivity index (χ3v) is 3.43. The van der Waals surface area contributed by atoms with Crippen LogP contribution in [-0.4, -0.2) is 12.4 Å². The second kappa shape index (κ2) is 4.60. The normalized spacial score (nSPS) is 18.3. The molecule has 0 radical (unpaired) electrons. The van der Waals surface area contributed by atoms with Crippen molar-refractivity contribution in [3.8, 4) is 0 Å². The summed E-state index contributed by atoms with van der Waals surface area (Å²) < 4.78 is 5.77. The lowest BCUT2D eigenvalue weighted by Crippen LogP contribution is -2.13. The average Bonchev–Trinajstić information content (AvgIpc) is 2.51. The van der Waals surface area contributed by atoms with Gasteiger partial charge < -0.3 is 4.74 Å². The van der Waals surface area contributed by atoms with Gasteiger partial charge in [0.15, 0.2) is 5.78 Å². The number of ketones is 1. The molecule has 0 atom stereocenters. The van der Waals surface area contributed by atoms with Crippen LogP contribution < -0.4 is 0 Å². The molecule has 1 aromatic carbocycles. The Kier molecular flexibility index (Phi) is 3.29. The van der Waals surface area contributed by atoms with Crippen molar-refractivity contribution < 1.29 is 9.53 Å². The molecular formula is C16H20O2. The van der Waals surface area contributed by atoms with E-state index in [0.29, 0.717) is 13.0 Å². The Labute approximate surface area is 109 Å². The maximum Gasteiger partial charge on any atom is 0.167 e. The molecule has 0 aromatic heterocycles. The standard InChI is InChI=1S/C16H20O2/c1-5-18-15-14(13(17)10-16(15,3)4)12-9-7-6-8-11(12)2/h6-9H,5,10H2,1-4H3. The molecule has 1 aliphatic rings. The topological polar surface area (TPSA) is 26.3 Å². The van der Waals surface area contributed by atoms with Gasteiger partial charge in [0.1, 0.15) is 5.76 Å². The molecule has 0 bridgehead atoms. The predicted molar refractivity (Wildman–Crippen MR) is 73.1 cm³/mol. The number of rotatable bonds is 3. The summed E-state index contributed by atoms with van der Waals surface area (Å²) in [6.45, 7) is 8.73. The zero-order valence-electron chi connectivity index (χ0n) is 11.5. The molecule has 2 rings (SSSR count). The molecule has 0 aliphatic heterocycles. The molecule has 18 heavy (non-hydrogen) atoms. The van der Waals surface area contributed by atoms with Gasteiger partial charge in [0, 0.05) is 11.8 Å². The van der Waals surface area contributed by atoms with Gasteiger partial charge in [-0.25, -0.2) is 0 Å². The third kappa shape index (κ3) is 2.07. The molecule has 1 aliphatic carbocycles. The highest BCUT2D eigenvalue weighted by atomic mass is 16.5. The van der Waals surface area contributed by atoms with Gasteiger partial charge in [-0.1, -0.05) is 38.1 Å². The van der Waals surface area contributed by atoms with Gasteiger partial charge in [-0.05, 0) is 25.0 Å². The van der Waals surface area contributed by atoms with Gasteiger partial charge in [-0.2, -0.15) is 0 Å². The zero-order chi connectivity index (χ0) is 13.3. The number of hydrogen-bond acceptors (Lipinski definition) is 2. The molecule has 0 N–H and O–H groups in total. The molecule has 0 spiro atoms. The maximum absolute atomic E-state index is 12.3. The van der Waals surface area contributed by atoms with Crippen LogP contribution in [0.3, 0.4) is 0 Å². The summed E-state index contributed by atoms with van der Waals surface area (Å²) in [6.07, 6.45) is 0.534. The summed E-state index contributed by atoms with van der Waals surface area (Å²) in [5, 5.41) is 0. The molecule has 0 fully saturated rings. The number of allylic oxidation sites excluding steroid dienone is 2. The van der Waals surface area contributed by atoms with Crippen molar-refractivity contribution in [1.82, 2.24) is 0 Å². The van der Waals surface area contributed by atoms with Gasteiger partial charge in [0.25, 0.3) is 0 Å². The molecule has 0 saturated heterocycles. The van der Waals surface area contributed by atoms with Gasteiger partial charge in [-0.3, -0.25) is 4.79 Å². The summed E-state index contributed by atoms with van der Waals surface area (Å²) in [4.78, 5) is 12.3. The van der Waals surface area contributed by atoms with E-state index in [2.05, 4.69) is 13.8 Å². The molecule has 2 nitrogen and oxygen atoms in total. The second-order valence-electron chi connectivity index (χ2n) is 5.44. The Bertz CT molecular complexity index is 510. The number of benzene rings is 1. The predicted octanol–water partition coefficient (Wildman–Crippen LogP) is 3.74. The Hall–Kier alpha value is -1.57. The quantitative estimate of drug-likeness (QED) is 0.809. The van der Waals surface area contributed by atoms with Gasteiger partial charge >= 0.3 is 0 Å². The number of carbonyl (C=O) groups is 1. The lowest BCUT2D eigenvalue weighted by molar-refractivity contribution is -0.114. The number of ether oxygens (including phenoxy) is 1. The fraction of sp³-hybridized carbons (Fsp3) is 0.438. The Balaban J connectivity index is 2.61. The number of hydrogen-bond donors (Lipinski definition) is 0. The SMILES string of the molecule is CCOC1=C(c2ccccc2C)C(=O)CC1(C)C. The van der Waals surface area contributed by atoms with Crippen molar-refractivity contribution >= 4 is 11.4 Å². The smallest absolute Gasteiger partial charge is 0.167 e. The van der Waals surface area contributed by atoms with Crippen molar-refractivity contribution in [3.63, 3.8) is 0 Å². The van der Waals surface area contributed by atoms with Crippen molar-refractivity contribution in [1.29, 1.82) is 0 Å². The summed E-state index contributed by atoms with van der Waals surface area (Å²) >= 11 is 0. The first kappa shape index (κ1) is 12.9. The van der Waals surface area contributed by atoms with E-state index in [4.69, 9.17) is 4.74 Å². The van der Waals surface area contributed by atoms with Crippen molar-refractivity contribution in [2.75, 3.05) is 6.61 Å². The lowest BCUT2D eigenvalue weighted by Gasteiger charge is -2.21. The zero-order valence-corrected chi connectivity index (χ0v) is 11.5. The van der Waals surface area contributed by atoms with E-state index in [1.54, 1.807) is 0 Å². The molecule has 0 heterocycles. The minimum absolute atomic E-state index is 0.190. The molecular weight excluding hydrogens is 224 g/mol. The van der Waals surface area contributed by atoms with E-state index >= 15 is 0 Å². The summed E-state index contributed by atoms with van der Waals surface area (Å²) in [5.41, 5.74) is 2.72. The monoisotopic (exact) mass is 244 g/mol. The fourth-order valence-electron chi connectivity index (χ4n) is 2.57. The van der Waals surface area contributed by atoms with E-state index in [0.717, 1.165) is 22.5 Å². The highest BCUT2D eigenvalue weighted by Crippen LogP contribution is 2.45. The molecule has 2 heteroatoms. The van der Waals surface area contributed by atoms with Crippen LogP contribution in [0.2, 0.25) is 0 Å². The number of aryl methyl sites for hydroxylation is 1. The first-order chi connectivity index (χ1) is 8.47. The van der Waals surface area contributed by atoms with E-state index in [1.165, 1.54) is 0 Å². The first-order valence-electron chi connectivity index (χ1n) is 6.44. The van der Waals surface area contributed by atoms with Crippen LogP contribution in [0.4, 0.5) is 0 Å². The summed E-state index contributed by atoms with van der Waals surface area (Å²) in [5.74, 6) is 1.04. The molecule has 0 saturated carbocycles. The summed E-state index contributed by atoms with van der Waals surface area (Å²) in [7, 11) is 0. The molecule has 96 valence electrons. The van der Waals surface area contributed by atoms with Crippen LogP contribution in [0.25, 0.3) is 5.57 Å². The highest BCUT2D eigenvalue weighted by Gasteiger charge is 2.40. The average molecular weight is 244 g/mol. The molecule has 1 aromatic rings. The van der Waals surface area contributed by atoms with E-state index < -0.39 is 0 Å². The Morgan fingerprint density at radius 3 is 2.56 bits per heavy atom. The van der Waals surface area contributed by atoms with Crippen LogP contribution >= 0.6 is 0 Å². The maximum atomic E-state index is 12.3. The van der Waals surface area contributed by atoms with Gasteiger partial charge in [0.2, 0.25) is 0 Å². The van der Waals surface area contributed by atoms with Crippen molar-refractivity contribution in [3.05, 3.63) is 41.2 Å². The largest absolute Gasteiger partial charge is 0.497 e. The number of carbonyl (C=O) groups excluding carboxylic acids is 1. The fourth-order valence-corrected chi connectivity index (χ4v) is 2.57. The Morgan fingerprint density at radius 1 is 1.28 bits per heavy atom.